The van der Waals surface area contributed by atoms with E-state index >= 15 is 0 Å². The molecule has 1 aliphatic carbocycles. The van der Waals surface area contributed by atoms with E-state index < -0.39 is 17.5 Å². The van der Waals surface area contributed by atoms with Crippen LogP contribution in [0.4, 0.5) is 11.4 Å². The molecule has 358 valence electrons. The number of carbonyl (C=O) groups is 4. The molecule has 9 rings (SSSR count). The largest absolute Gasteiger partial charge is 0.489 e. The van der Waals surface area contributed by atoms with Crippen molar-refractivity contribution in [1.29, 1.82) is 5.26 Å². The van der Waals surface area contributed by atoms with Gasteiger partial charge in [-0.05, 0) is 106 Å². The van der Waals surface area contributed by atoms with Crippen LogP contribution in [-0.4, -0.2) is 119 Å². The summed E-state index contributed by atoms with van der Waals surface area (Å²) in [5.74, 6) is 0.429. The maximum Gasteiger partial charge on any atom is 0.278 e. The number of hydrogen-bond donors (Lipinski definition) is 2. The second-order valence-corrected chi connectivity index (χ2v) is 20.9. The maximum atomic E-state index is 13.7. The van der Waals surface area contributed by atoms with E-state index in [0.717, 1.165) is 94.0 Å². The number of ether oxygens (including phenoxy) is 1. The van der Waals surface area contributed by atoms with Gasteiger partial charge in [0.2, 0.25) is 11.8 Å². The van der Waals surface area contributed by atoms with Gasteiger partial charge in [-0.25, -0.2) is 0 Å². The molecule has 4 aromatic rings. The average Bonchev–Trinajstić information content (AvgIpc) is 3.34. The third-order valence-electron chi connectivity index (χ3n) is 15.5. The minimum Gasteiger partial charge on any atom is -0.489 e. The third-order valence-corrected chi connectivity index (χ3v) is 15.8. The van der Waals surface area contributed by atoms with Crippen molar-refractivity contribution in [3.05, 3.63) is 87.2 Å². The predicted octanol–water partition coefficient (Wildman–Crippen LogP) is 5.57. The van der Waals surface area contributed by atoms with Gasteiger partial charge in [-0.3, -0.25) is 34.2 Å². The summed E-state index contributed by atoms with van der Waals surface area (Å²) in [5, 5.41) is 23.7. The number of nitrogens with one attached hydrogen (secondary N) is 2. The highest BCUT2D eigenvalue weighted by atomic mass is 35.5. The van der Waals surface area contributed by atoms with Crippen molar-refractivity contribution in [2.24, 2.45) is 22.7 Å². The number of aromatic nitrogens is 3. The Kier molecular flexibility index (Phi) is 13.2. The summed E-state index contributed by atoms with van der Waals surface area (Å²) >= 11 is 6.27. The minimum absolute atomic E-state index is 0.0202. The fourth-order valence-electron chi connectivity index (χ4n) is 11.7. The van der Waals surface area contributed by atoms with Gasteiger partial charge in [0.25, 0.3) is 17.4 Å². The average molecular weight is 946 g/mol. The molecule has 1 saturated carbocycles. The highest BCUT2D eigenvalue weighted by molar-refractivity contribution is 6.31. The van der Waals surface area contributed by atoms with E-state index in [-0.39, 0.29) is 59.5 Å². The molecule has 68 heavy (non-hydrogen) atoms. The van der Waals surface area contributed by atoms with Crippen LogP contribution in [0.3, 0.4) is 0 Å². The van der Waals surface area contributed by atoms with Crippen LogP contribution >= 0.6 is 11.6 Å². The summed E-state index contributed by atoms with van der Waals surface area (Å²) in [7, 11) is 0. The van der Waals surface area contributed by atoms with E-state index in [4.69, 9.17) is 16.3 Å². The lowest BCUT2D eigenvalue weighted by molar-refractivity contribution is -0.164. The number of imide groups is 1. The molecule has 5 heterocycles. The summed E-state index contributed by atoms with van der Waals surface area (Å²) < 4.78 is 7.48. The Morgan fingerprint density at radius 3 is 2.18 bits per heavy atom. The maximum absolute atomic E-state index is 13.7. The fourth-order valence-corrected chi connectivity index (χ4v) is 11.9. The van der Waals surface area contributed by atoms with Crippen molar-refractivity contribution < 1.29 is 23.9 Å². The summed E-state index contributed by atoms with van der Waals surface area (Å²) in [6, 6.07) is 19.6. The predicted molar refractivity (Wildman–Crippen MR) is 259 cm³/mol. The molecule has 0 radical (unpaired) electrons. The number of rotatable bonds is 11. The zero-order chi connectivity index (χ0) is 47.9. The van der Waals surface area contributed by atoms with Crippen LogP contribution in [0, 0.1) is 34.0 Å². The van der Waals surface area contributed by atoms with Crippen LogP contribution in [0.1, 0.15) is 94.6 Å². The fraction of sp³-hybridized carbons (Fsp3) is 0.529. The Hall–Kier alpha value is -6.05. The molecule has 4 aliphatic heterocycles. The molecule has 4 amide bonds. The molecule has 1 unspecified atom stereocenters. The van der Waals surface area contributed by atoms with Gasteiger partial charge >= 0.3 is 0 Å². The minimum atomic E-state index is -0.876. The Bertz CT molecular complexity index is 2660. The number of anilines is 2. The van der Waals surface area contributed by atoms with Gasteiger partial charge in [0.05, 0.1) is 16.0 Å². The number of piperazine rings is 1. The van der Waals surface area contributed by atoms with Crippen LogP contribution in [0.15, 0.2) is 65.5 Å². The summed E-state index contributed by atoms with van der Waals surface area (Å²) in [6.07, 6.45) is 4.83. The van der Waals surface area contributed by atoms with Crippen LogP contribution < -0.4 is 30.7 Å². The Balaban J connectivity index is 0.683. The Morgan fingerprint density at radius 1 is 0.838 bits per heavy atom. The van der Waals surface area contributed by atoms with Crippen molar-refractivity contribution in [2.45, 2.75) is 90.8 Å². The van der Waals surface area contributed by atoms with Crippen molar-refractivity contribution in [1.82, 2.24) is 35.4 Å². The third kappa shape index (κ3) is 9.39. The number of piperidine rings is 3. The Morgan fingerprint density at radius 2 is 1.51 bits per heavy atom. The van der Waals surface area contributed by atoms with Crippen LogP contribution in [0.25, 0.3) is 10.9 Å². The number of fused-ring (bicyclic) bond motifs is 1. The number of hydrogen-bond acceptors (Lipinski definition) is 12. The van der Waals surface area contributed by atoms with E-state index in [1.807, 2.05) is 30.3 Å². The standard InChI is InChI=1S/C51H61ClN10O6/c1-50(2)48(51(3,4)49(50)68-38-11-7-35(31-53)40(52)30-38)55-44(64)33-5-8-36(9-6-33)60-27-25-58(26-28-60)20-15-32-16-21-61(22-17-32)46(66)34-18-23-59(24-19-34)37-10-12-41-39(29-37)47(67)62(57-56-41)42-13-14-43(63)54-45(42)65/h5-12,29-30,32,34,42,48-49H,13-28H2,1-4H3,(H,55,64)(H,54,63,65). The van der Waals surface area contributed by atoms with Crippen LogP contribution in [-0.2, 0) is 14.4 Å². The second-order valence-electron chi connectivity index (χ2n) is 20.5. The van der Waals surface area contributed by atoms with Gasteiger partial charge in [0.15, 0.2) is 0 Å². The van der Waals surface area contributed by atoms with Gasteiger partial charge < -0.3 is 24.8 Å². The zero-order valence-electron chi connectivity index (χ0n) is 39.4. The number of carbonyl (C=O) groups excluding carboxylic acids is 4. The van der Waals surface area contributed by atoms with E-state index in [1.165, 1.54) is 0 Å². The molecule has 5 fully saturated rings. The Labute approximate surface area is 401 Å². The summed E-state index contributed by atoms with van der Waals surface area (Å²) in [4.78, 5) is 74.0. The lowest BCUT2D eigenvalue weighted by atomic mass is 9.49. The van der Waals surface area contributed by atoms with Crippen LogP contribution in [0.5, 0.6) is 5.75 Å². The molecule has 16 nitrogen and oxygen atoms in total. The number of amides is 4. The topological polar surface area (TPSA) is 186 Å². The molecule has 1 atom stereocenters. The molecule has 4 saturated heterocycles. The highest BCUT2D eigenvalue weighted by Crippen LogP contribution is 2.55. The van der Waals surface area contributed by atoms with Gasteiger partial charge in [-0.1, -0.05) is 44.5 Å². The molecule has 0 spiro atoms. The van der Waals surface area contributed by atoms with Crippen LogP contribution in [0.2, 0.25) is 5.02 Å². The number of benzene rings is 3. The van der Waals surface area contributed by atoms with Crippen molar-refractivity contribution in [3.8, 4) is 11.8 Å². The number of nitriles is 1. The van der Waals surface area contributed by atoms with Gasteiger partial charge in [0.1, 0.15) is 29.5 Å². The summed E-state index contributed by atoms with van der Waals surface area (Å²) in [5.41, 5.74) is 2.34. The van der Waals surface area contributed by atoms with Crippen molar-refractivity contribution in [2.75, 3.05) is 68.7 Å². The van der Waals surface area contributed by atoms with Gasteiger partial charge in [-0.2, -0.15) is 9.94 Å². The molecular weight excluding hydrogens is 884 g/mol. The normalized spacial score (nSPS) is 23.4. The van der Waals surface area contributed by atoms with Gasteiger partial charge in [-0.15, -0.1) is 5.10 Å². The smallest absolute Gasteiger partial charge is 0.278 e. The number of halogens is 1. The molecule has 1 aromatic heterocycles. The summed E-state index contributed by atoms with van der Waals surface area (Å²) in [6.45, 7) is 16.3. The van der Waals surface area contributed by atoms with Crippen molar-refractivity contribution >= 4 is 57.5 Å². The first kappa shape index (κ1) is 47.0. The monoisotopic (exact) mass is 944 g/mol. The van der Waals surface area contributed by atoms with Gasteiger partial charge in [0, 0.05) is 105 Å². The molecule has 17 heteroatoms. The SMILES string of the molecule is CC1(C)C(NC(=O)c2ccc(N3CCN(CCC4CCN(C(=O)C5CCN(c6ccc7nnn(C8CCC(=O)NC8=O)c(=O)c7c6)CC5)CC4)CC3)cc2)C(C)(C)C1Oc1ccc(C#N)c(Cl)c1. The lowest BCUT2D eigenvalue weighted by Gasteiger charge is -2.63. The van der Waals surface area contributed by atoms with Crippen molar-refractivity contribution in [3.63, 3.8) is 0 Å². The molecule has 0 bridgehead atoms. The number of likely N-dealkylation sites (tertiary alicyclic amines) is 1. The first-order chi connectivity index (χ1) is 32.6. The molecule has 5 aliphatic rings. The van der Waals surface area contributed by atoms with E-state index in [0.29, 0.717) is 51.8 Å². The highest BCUT2D eigenvalue weighted by Gasteiger charge is 2.64. The second kappa shape index (κ2) is 19.2. The first-order valence-corrected chi connectivity index (χ1v) is 24.5. The quantitative estimate of drug-likeness (QED) is 0.178. The first-order valence-electron chi connectivity index (χ1n) is 24.1. The number of nitrogens with zero attached hydrogens (tertiary/aromatic N) is 8. The molecule has 3 aromatic carbocycles. The van der Waals surface area contributed by atoms with E-state index in [2.05, 4.69) is 74.3 Å². The zero-order valence-corrected chi connectivity index (χ0v) is 40.1. The van der Waals surface area contributed by atoms with E-state index in [9.17, 15) is 29.2 Å². The molecule has 2 N–H and O–H groups in total. The van der Waals surface area contributed by atoms with E-state index in [1.54, 1.807) is 30.3 Å². The molecular formula is C51H61ClN10O6. The lowest BCUT2D eigenvalue weighted by Crippen LogP contribution is -2.74.